The van der Waals surface area contributed by atoms with Gasteiger partial charge in [0.05, 0.1) is 12.2 Å². The molecule has 0 amide bonds. The Balaban J connectivity index is 1.76. The monoisotopic (exact) mass is 314 g/mol. The normalized spacial score (nSPS) is 22.8. The molecule has 23 heavy (non-hydrogen) atoms. The average molecular weight is 314 g/mol. The summed E-state index contributed by atoms with van der Waals surface area (Å²) in [6.07, 6.45) is 4.83. The van der Waals surface area contributed by atoms with Gasteiger partial charge in [-0.05, 0) is 31.0 Å². The average Bonchev–Trinajstić information content (AvgIpc) is 3.02. The minimum atomic E-state index is 0.0870. The van der Waals surface area contributed by atoms with E-state index in [4.69, 9.17) is 4.74 Å². The first-order valence-electron chi connectivity index (χ1n) is 8.23. The Morgan fingerprint density at radius 2 is 2.30 bits per heavy atom. The van der Waals surface area contributed by atoms with Crippen LogP contribution in [0.15, 0.2) is 29.3 Å². The summed E-state index contributed by atoms with van der Waals surface area (Å²) in [5, 5.41) is 3.48. The molecule has 0 spiro atoms. The topological polar surface area (TPSA) is 61.1 Å². The van der Waals surface area contributed by atoms with Crippen molar-refractivity contribution in [3.8, 4) is 11.4 Å². The summed E-state index contributed by atoms with van der Waals surface area (Å²) in [7, 11) is 1.68. The van der Waals surface area contributed by atoms with Crippen molar-refractivity contribution in [3.63, 3.8) is 0 Å². The van der Waals surface area contributed by atoms with Crippen LogP contribution in [0.2, 0.25) is 0 Å². The fourth-order valence-electron chi connectivity index (χ4n) is 3.88. The van der Waals surface area contributed by atoms with Gasteiger partial charge in [-0.3, -0.25) is 4.79 Å². The van der Waals surface area contributed by atoms with Crippen molar-refractivity contribution in [2.45, 2.75) is 25.4 Å². The summed E-state index contributed by atoms with van der Waals surface area (Å²) in [5.41, 5.74) is 1.93. The Bertz CT molecular complexity index is 764. The number of rotatable bonds is 4. The summed E-state index contributed by atoms with van der Waals surface area (Å²) in [6.45, 7) is 4.09. The van der Waals surface area contributed by atoms with Crippen molar-refractivity contribution in [2.24, 2.45) is 5.92 Å². The maximum atomic E-state index is 13.0. The van der Waals surface area contributed by atoms with Gasteiger partial charge in [0.2, 0.25) is 0 Å². The zero-order valence-electron chi connectivity index (χ0n) is 13.4. The molecule has 0 aromatic carbocycles. The first kappa shape index (κ1) is 14.7. The van der Waals surface area contributed by atoms with Gasteiger partial charge in [0, 0.05) is 50.7 Å². The van der Waals surface area contributed by atoms with Crippen molar-refractivity contribution in [1.82, 2.24) is 19.4 Å². The third kappa shape index (κ3) is 2.52. The third-order valence-corrected chi connectivity index (χ3v) is 5.00. The van der Waals surface area contributed by atoms with Gasteiger partial charge in [-0.15, -0.1) is 0 Å². The number of aromatic nitrogens is 3. The van der Waals surface area contributed by atoms with Crippen LogP contribution in [0.4, 0.5) is 0 Å². The van der Waals surface area contributed by atoms with E-state index in [0.29, 0.717) is 30.6 Å². The molecule has 2 aliphatic rings. The van der Waals surface area contributed by atoms with E-state index in [-0.39, 0.29) is 5.56 Å². The van der Waals surface area contributed by atoms with Crippen LogP contribution in [0.25, 0.3) is 11.4 Å². The van der Waals surface area contributed by atoms with Crippen LogP contribution in [0, 0.1) is 5.92 Å². The number of methoxy groups -OCH3 is 1. The number of hydrogen-bond acceptors (Lipinski definition) is 4. The number of ether oxygens (including phenoxy) is 1. The first-order valence-corrected chi connectivity index (χ1v) is 8.23. The van der Waals surface area contributed by atoms with Crippen molar-refractivity contribution in [1.29, 1.82) is 0 Å². The third-order valence-electron chi connectivity index (χ3n) is 5.00. The van der Waals surface area contributed by atoms with E-state index in [1.54, 1.807) is 13.3 Å². The van der Waals surface area contributed by atoms with Gasteiger partial charge in [-0.1, -0.05) is 0 Å². The molecule has 2 atom stereocenters. The predicted molar refractivity (Wildman–Crippen MR) is 87.5 cm³/mol. The fraction of sp³-hybridized carbons (Fsp3) is 0.529. The quantitative estimate of drug-likeness (QED) is 0.917. The number of piperidine rings is 1. The highest BCUT2D eigenvalue weighted by Crippen LogP contribution is 2.32. The van der Waals surface area contributed by atoms with E-state index in [1.807, 2.05) is 21.4 Å². The Morgan fingerprint density at radius 3 is 3.17 bits per heavy atom. The zero-order chi connectivity index (χ0) is 15.8. The second kappa shape index (κ2) is 5.94. The minimum Gasteiger partial charge on any atom is -0.383 e. The number of pyridine rings is 1. The highest BCUT2D eigenvalue weighted by atomic mass is 16.5. The molecule has 122 valence electrons. The van der Waals surface area contributed by atoms with Gasteiger partial charge in [0.25, 0.3) is 5.56 Å². The second-order valence-corrected chi connectivity index (χ2v) is 6.48. The first-order chi connectivity index (χ1) is 11.3. The number of nitrogens with zero attached hydrogens (tertiary/aromatic N) is 3. The molecule has 2 bridgehead atoms. The van der Waals surface area contributed by atoms with Crippen LogP contribution < -0.4 is 10.9 Å². The van der Waals surface area contributed by atoms with Gasteiger partial charge in [0.15, 0.2) is 0 Å². The number of nitrogens with one attached hydrogen (secondary N) is 1. The van der Waals surface area contributed by atoms with Gasteiger partial charge in [-0.25, -0.2) is 4.98 Å². The summed E-state index contributed by atoms with van der Waals surface area (Å²) >= 11 is 0. The van der Waals surface area contributed by atoms with E-state index >= 15 is 0 Å². The van der Waals surface area contributed by atoms with Crippen LogP contribution in [-0.2, 0) is 17.8 Å². The van der Waals surface area contributed by atoms with Crippen molar-refractivity contribution >= 4 is 0 Å². The predicted octanol–water partition coefficient (Wildman–Crippen LogP) is 1.06. The molecule has 0 saturated carbocycles. The Labute approximate surface area is 135 Å². The van der Waals surface area contributed by atoms with Crippen LogP contribution in [-0.4, -0.2) is 40.9 Å². The summed E-state index contributed by atoms with van der Waals surface area (Å²) in [4.78, 5) is 17.4. The largest absolute Gasteiger partial charge is 0.383 e. The highest BCUT2D eigenvalue weighted by molar-refractivity contribution is 5.54. The maximum Gasteiger partial charge on any atom is 0.261 e. The maximum absolute atomic E-state index is 13.0. The minimum absolute atomic E-state index is 0.0870. The number of fused-ring (bicyclic) bond motifs is 4. The summed E-state index contributed by atoms with van der Waals surface area (Å²) < 4.78 is 9.10. The van der Waals surface area contributed by atoms with Crippen LogP contribution in [0.3, 0.4) is 0 Å². The lowest BCUT2D eigenvalue weighted by atomic mass is 9.84. The van der Waals surface area contributed by atoms with E-state index in [2.05, 4.69) is 16.4 Å². The number of hydrogen-bond donors (Lipinski definition) is 1. The SMILES string of the molecule is COCCn1ccnc1-c1ccc2n(c1=O)C[C@@H]1CNC[C@H]2C1. The van der Waals surface area contributed by atoms with Crippen LogP contribution in [0.5, 0.6) is 0 Å². The van der Waals surface area contributed by atoms with E-state index in [1.165, 1.54) is 6.42 Å². The molecule has 1 fully saturated rings. The molecule has 6 heteroatoms. The fourth-order valence-corrected chi connectivity index (χ4v) is 3.88. The smallest absolute Gasteiger partial charge is 0.261 e. The van der Waals surface area contributed by atoms with Gasteiger partial charge < -0.3 is 19.2 Å². The second-order valence-electron chi connectivity index (χ2n) is 6.48. The molecule has 2 aromatic heterocycles. The lowest BCUT2D eigenvalue weighted by molar-refractivity contribution is 0.187. The Kier molecular flexibility index (Phi) is 3.79. The molecular weight excluding hydrogens is 292 g/mol. The van der Waals surface area contributed by atoms with Crippen LogP contribution in [0.1, 0.15) is 18.0 Å². The van der Waals surface area contributed by atoms with Crippen molar-refractivity contribution in [3.05, 3.63) is 40.6 Å². The standard InChI is InChI=1S/C17H22N4O2/c1-23-7-6-20-5-4-19-16(20)14-2-3-15-13-8-12(9-18-10-13)11-21(15)17(14)22/h2-5,12-13,18H,6-11H2,1H3/t12-,13+/m0/s1. The lowest BCUT2D eigenvalue weighted by Crippen LogP contribution is -2.45. The Morgan fingerprint density at radius 1 is 1.39 bits per heavy atom. The molecule has 2 aliphatic heterocycles. The molecule has 0 radical (unpaired) electrons. The summed E-state index contributed by atoms with van der Waals surface area (Å²) in [5.74, 6) is 1.75. The zero-order valence-corrected chi connectivity index (χ0v) is 13.4. The number of imidazole rings is 1. The highest BCUT2D eigenvalue weighted by Gasteiger charge is 2.31. The van der Waals surface area contributed by atoms with Crippen LogP contribution >= 0.6 is 0 Å². The van der Waals surface area contributed by atoms with Gasteiger partial charge >= 0.3 is 0 Å². The van der Waals surface area contributed by atoms with Crippen molar-refractivity contribution < 1.29 is 4.74 Å². The molecule has 6 nitrogen and oxygen atoms in total. The van der Waals surface area contributed by atoms with E-state index in [0.717, 1.165) is 31.2 Å². The molecule has 4 heterocycles. The lowest BCUT2D eigenvalue weighted by Gasteiger charge is -2.37. The summed E-state index contributed by atoms with van der Waals surface area (Å²) in [6, 6.07) is 4.05. The van der Waals surface area contributed by atoms with Gasteiger partial charge in [0.1, 0.15) is 5.82 Å². The van der Waals surface area contributed by atoms with E-state index < -0.39 is 0 Å². The van der Waals surface area contributed by atoms with Crippen molar-refractivity contribution in [2.75, 3.05) is 26.8 Å². The Hall–Kier alpha value is -1.92. The molecule has 2 aromatic rings. The molecule has 0 unspecified atom stereocenters. The van der Waals surface area contributed by atoms with Gasteiger partial charge in [-0.2, -0.15) is 0 Å². The molecule has 1 saturated heterocycles. The molecular formula is C17H22N4O2. The molecule has 1 N–H and O–H groups in total. The molecule has 0 aliphatic carbocycles. The van der Waals surface area contributed by atoms with E-state index in [9.17, 15) is 4.79 Å². The molecule has 4 rings (SSSR count).